The molecular weight excluding hydrogens is 932 g/mol. The summed E-state index contributed by atoms with van der Waals surface area (Å²) in [7, 11) is 0. The van der Waals surface area contributed by atoms with Crippen molar-refractivity contribution < 1.29 is 0 Å². The molecule has 0 unspecified atom stereocenters. The van der Waals surface area contributed by atoms with Gasteiger partial charge in [-0.15, -0.1) is 0 Å². The van der Waals surface area contributed by atoms with Crippen LogP contribution >= 0.6 is 0 Å². The van der Waals surface area contributed by atoms with Crippen molar-refractivity contribution in [1.29, 1.82) is 0 Å². The number of nitrogens with zero attached hydrogens (tertiary/aromatic N) is 4. The van der Waals surface area contributed by atoms with Crippen LogP contribution in [0.4, 0.5) is 34.1 Å². The summed E-state index contributed by atoms with van der Waals surface area (Å²) in [5, 5.41) is 4.98. The zero-order chi connectivity index (χ0) is 50.6. The van der Waals surface area contributed by atoms with Crippen LogP contribution in [0.1, 0.15) is 0 Å². The van der Waals surface area contributed by atoms with Crippen LogP contribution in [-0.2, 0) is 0 Å². The number of anilines is 6. The fourth-order valence-corrected chi connectivity index (χ4v) is 12.9. The van der Waals surface area contributed by atoms with Crippen LogP contribution < -0.4 is 26.2 Å². The van der Waals surface area contributed by atoms with E-state index in [2.05, 4.69) is 304 Å². The maximum Gasteiger partial charge on any atom is 0.252 e. The van der Waals surface area contributed by atoms with Gasteiger partial charge in [-0.3, -0.25) is 0 Å². The molecule has 0 atom stereocenters. The van der Waals surface area contributed by atoms with E-state index in [9.17, 15) is 0 Å². The molecule has 0 N–H and O–H groups in total. The van der Waals surface area contributed by atoms with Crippen molar-refractivity contribution in [3.8, 4) is 44.8 Å². The van der Waals surface area contributed by atoms with Gasteiger partial charge in [0.05, 0.1) is 22.1 Å². The van der Waals surface area contributed by atoms with E-state index in [1.165, 1.54) is 82.3 Å². The minimum atomic E-state index is -0.103. The first kappa shape index (κ1) is 43.3. The van der Waals surface area contributed by atoms with Crippen molar-refractivity contribution in [1.82, 2.24) is 9.13 Å². The molecule has 2 aliphatic heterocycles. The second kappa shape index (κ2) is 17.2. The van der Waals surface area contributed by atoms with Crippen LogP contribution in [0.5, 0.6) is 0 Å². The Labute approximate surface area is 447 Å². The van der Waals surface area contributed by atoms with Gasteiger partial charge >= 0.3 is 0 Å². The molecule has 0 saturated heterocycles. The van der Waals surface area contributed by atoms with Gasteiger partial charge in [0.2, 0.25) is 0 Å². The number of aromatic nitrogens is 2. The van der Waals surface area contributed by atoms with Gasteiger partial charge in [0.1, 0.15) is 0 Å². The molecule has 12 aromatic carbocycles. The van der Waals surface area contributed by atoms with E-state index in [1.807, 2.05) is 0 Å². The normalized spacial score (nSPS) is 12.6. The van der Waals surface area contributed by atoms with Gasteiger partial charge in [-0.2, -0.15) is 0 Å². The van der Waals surface area contributed by atoms with Gasteiger partial charge < -0.3 is 18.9 Å². The maximum absolute atomic E-state index is 2.55. The number of hydrogen-bond acceptors (Lipinski definition) is 2. The van der Waals surface area contributed by atoms with E-state index < -0.39 is 0 Å². The molecule has 4 heterocycles. The van der Waals surface area contributed by atoms with Gasteiger partial charge in [-0.25, -0.2) is 0 Å². The Kier molecular flexibility index (Phi) is 9.70. The Balaban J connectivity index is 0.997. The average molecular weight is 979 g/mol. The molecule has 14 aromatic rings. The fraction of sp³-hybridized carbons (Fsp3) is 0. The van der Waals surface area contributed by atoms with Crippen LogP contribution in [0.15, 0.2) is 285 Å². The summed E-state index contributed by atoms with van der Waals surface area (Å²) in [6, 6.07) is 105. The lowest BCUT2D eigenvalue weighted by Gasteiger charge is -2.44. The van der Waals surface area contributed by atoms with E-state index in [4.69, 9.17) is 0 Å². The number of hydrogen-bond donors (Lipinski definition) is 0. The summed E-state index contributed by atoms with van der Waals surface area (Å²) in [5.41, 5.74) is 24.7. The highest BCUT2D eigenvalue weighted by molar-refractivity contribution is 7.00. The topological polar surface area (TPSA) is 16.3 Å². The molecule has 358 valence electrons. The van der Waals surface area contributed by atoms with Crippen LogP contribution in [-0.4, -0.2) is 15.8 Å². The van der Waals surface area contributed by atoms with Crippen LogP contribution in [0.2, 0.25) is 0 Å². The Morgan fingerprint density at radius 3 is 0.883 bits per heavy atom. The van der Waals surface area contributed by atoms with Crippen LogP contribution in [0.25, 0.3) is 88.4 Å². The molecular formula is C72H47BN4. The molecule has 2 aliphatic rings. The summed E-state index contributed by atoms with van der Waals surface area (Å²) < 4.78 is 4.91. The van der Waals surface area contributed by atoms with Gasteiger partial charge in [0.15, 0.2) is 0 Å². The molecule has 0 amide bonds. The number of para-hydroxylation sites is 4. The largest absolute Gasteiger partial charge is 0.311 e. The first-order valence-electron chi connectivity index (χ1n) is 26.6. The molecule has 0 fully saturated rings. The minimum absolute atomic E-state index is 0.103. The molecule has 5 heteroatoms. The summed E-state index contributed by atoms with van der Waals surface area (Å²) >= 11 is 0. The Morgan fingerprint density at radius 1 is 0.221 bits per heavy atom. The van der Waals surface area contributed by atoms with Crippen molar-refractivity contribution in [2.24, 2.45) is 0 Å². The molecule has 0 bridgehead atoms. The first-order chi connectivity index (χ1) is 38.2. The van der Waals surface area contributed by atoms with E-state index in [1.54, 1.807) is 0 Å². The smallest absolute Gasteiger partial charge is 0.252 e. The maximum atomic E-state index is 2.55. The summed E-state index contributed by atoms with van der Waals surface area (Å²) in [6.07, 6.45) is 0. The highest BCUT2D eigenvalue weighted by Gasteiger charge is 2.44. The van der Waals surface area contributed by atoms with E-state index in [0.29, 0.717) is 0 Å². The lowest BCUT2D eigenvalue weighted by atomic mass is 9.33. The highest BCUT2D eigenvalue weighted by atomic mass is 15.2. The monoisotopic (exact) mass is 978 g/mol. The third kappa shape index (κ3) is 6.74. The van der Waals surface area contributed by atoms with E-state index in [0.717, 1.165) is 56.6 Å². The van der Waals surface area contributed by atoms with Crippen LogP contribution in [0, 0.1) is 0 Å². The molecule has 0 saturated carbocycles. The zero-order valence-corrected chi connectivity index (χ0v) is 42.0. The Hall–Kier alpha value is -10.1. The fourth-order valence-electron chi connectivity index (χ4n) is 12.9. The number of rotatable bonds is 7. The second-order valence-electron chi connectivity index (χ2n) is 20.4. The zero-order valence-electron chi connectivity index (χ0n) is 42.0. The van der Waals surface area contributed by atoms with E-state index in [-0.39, 0.29) is 6.71 Å². The standard InChI is InChI=1S/C72H47BN4/c1-4-18-48(19-5-1)51-32-36-54(37-33-51)74-68-46-56(76-64-28-14-10-24-58(64)59-25-11-15-29-65(59)76)40-42-62(68)73-63-43-41-57(77-66-30-16-12-26-60(66)61-27-13-17-31-67(61)77)47-69(63)75(55-38-34-52(35-39-55)49-20-6-2-7-21-49)71-45-53(44-70(74)72(71)73)50-22-8-3-9-23-50/h1-47H. The predicted molar refractivity (Wildman–Crippen MR) is 325 cm³/mol. The molecule has 77 heavy (non-hydrogen) atoms. The SMILES string of the molecule is c1ccc(-c2ccc(N3c4cc(-n5c6ccccc6c6ccccc65)ccc4B4c5ccc(-n6c7ccccc7c7ccccc76)cc5N(c5ccc(-c6ccccc6)cc5)c5cc(-c6ccccc6)cc3c54)cc2)cc1. The summed E-state index contributed by atoms with van der Waals surface area (Å²) in [5.74, 6) is 0. The molecule has 0 radical (unpaired) electrons. The van der Waals surface area contributed by atoms with Gasteiger partial charge in [-0.1, -0.05) is 200 Å². The first-order valence-corrected chi connectivity index (χ1v) is 26.6. The molecule has 16 rings (SSSR count). The molecule has 0 spiro atoms. The second-order valence-corrected chi connectivity index (χ2v) is 20.4. The quantitative estimate of drug-likeness (QED) is 0.148. The average Bonchev–Trinajstić information content (AvgIpc) is 4.18. The van der Waals surface area contributed by atoms with Crippen molar-refractivity contribution in [3.63, 3.8) is 0 Å². The lowest BCUT2D eigenvalue weighted by molar-refractivity contribution is 1.17. The van der Waals surface area contributed by atoms with Gasteiger partial charge in [0, 0.05) is 67.0 Å². The Bertz CT molecular complexity index is 4240. The Morgan fingerprint density at radius 2 is 0.519 bits per heavy atom. The van der Waals surface area contributed by atoms with Crippen molar-refractivity contribution in [2.75, 3.05) is 9.80 Å². The van der Waals surface area contributed by atoms with Crippen molar-refractivity contribution in [3.05, 3.63) is 285 Å². The summed E-state index contributed by atoms with van der Waals surface area (Å²) in [6.45, 7) is -0.103. The number of benzene rings is 12. The summed E-state index contributed by atoms with van der Waals surface area (Å²) in [4.78, 5) is 5.11. The molecule has 0 aliphatic carbocycles. The third-order valence-corrected chi connectivity index (χ3v) is 16.3. The third-order valence-electron chi connectivity index (χ3n) is 16.3. The molecule has 4 nitrogen and oxygen atoms in total. The van der Waals surface area contributed by atoms with Crippen molar-refractivity contribution >= 4 is 101 Å². The van der Waals surface area contributed by atoms with Gasteiger partial charge in [-0.05, 0) is 135 Å². The molecule has 2 aromatic heterocycles. The van der Waals surface area contributed by atoms with Crippen molar-refractivity contribution in [2.45, 2.75) is 0 Å². The highest BCUT2D eigenvalue weighted by Crippen LogP contribution is 2.48. The number of fused-ring (bicyclic) bond motifs is 10. The lowest BCUT2D eigenvalue weighted by Crippen LogP contribution is -2.61. The minimum Gasteiger partial charge on any atom is -0.311 e. The van der Waals surface area contributed by atoms with E-state index >= 15 is 0 Å². The van der Waals surface area contributed by atoms with Gasteiger partial charge in [0.25, 0.3) is 6.71 Å². The van der Waals surface area contributed by atoms with Crippen LogP contribution in [0.3, 0.4) is 0 Å². The predicted octanol–water partition coefficient (Wildman–Crippen LogP) is 17.0.